The van der Waals surface area contributed by atoms with Gasteiger partial charge in [-0.3, -0.25) is 4.90 Å². The lowest BCUT2D eigenvalue weighted by Crippen LogP contribution is -2.34. The van der Waals surface area contributed by atoms with Gasteiger partial charge in [0.25, 0.3) is 0 Å². The molecular formula is C9H15N. The van der Waals surface area contributed by atoms with Gasteiger partial charge < -0.3 is 0 Å². The molecule has 1 nitrogen and oxygen atoms in total. The molecule has 56 valence electrons. The Hall–Kier alpha value is -0.560. The average molecular weight is 137 g/mol. The molecule has 1 rings (SSSR count). The molecule has 0 saturated carbocycles. The Morgan fingerprint density at radius 2 is 2.40 bits per heavy atom. The first kappa shape index (κ1) is 7.55. The van der Waals surface area contributed by atoms with Gasteiger partial charge in [0.05, 0.1) is 0 Å². The maximum Gasteiger partial charge on any atom is 0.0250 e. The Kier molecular flexibility index (Phi) is 2.69. The van der Waals surface area contributed by atoms with Crippen LogP contribution in [0.2, 0.25) is 0 Å². The summed E-state index contributed by atoms with van der Waals surface area (Å²) < 4.78 is 0. The average Bonchev–Trinajstić information content (AvgIpc) is 2.05. The summed E-state index contributed by atoms with van der Waals surface area (Å²) >= 11 is 0. The zero-order chi connectivity index (χ0) is 7.40. The van der Waals surface area contributed by atoms with Gasteiger partial charge in [0, 0.05) is 19.1 Å². The van der Waals surface area contributed by atoms with Gasteiger partial charge in [0.1, 0.15) is 0 Å². The van der Waals surface area contributed by atoms with Crippen LogP contribution in [0.1, 0.15) is 13.3 Å². The Labute approximate surface area is 63.0 Å². The van der Waals surface area contributed by atoms with Gasteiger partial charge in [-0.15, -0.1) is 6.58 Å². The topological polar surface area (TPSA) is 3.24 Å². The van der Waals surface area contributed by atoms with E-state index < -0.39 is 0 Å². The number of rotatable bonds is 2. The van der Waals surface area contributed by atoms with Crippen molar-refractivity contribution in [3.63, 3.8) is 0 Å². The molecule has 0 aliphatic carbocycles. The minimum atomic E-state index is 0.532. The molecule has 1 unspecified atom stereocenters. The van der Waals surface area contributed by atoms with Gasteiger partial charge in [0.2, 0.25) is 0 Å². The van der Waals surface area contributed by atoms with E-state index in [0.717, 1.165) is 6.54 Å². The Morgan fingerprint density at radius 1 is 1.60 bits per heavy atom. The number of hydrogen-bond acceptors (Lipinski definition) is 1. The molecule has 0 saturated heterocycles. The molecule has 10 heavy (non-hydrogen) atoms. The standard InChI is InChI=1S/C9H15N/c1-3-9(2)10-7-5-4-6-8-10/h3-5,9H,1,6-8H2,2H3. The zero-order valence-electron chi connectivity index (χ0n) is 6.59. The van der Waals surface area contributed by atoms with Crippen molar-refractivity contribution < 1.29 is 0 Å². The fourth-order valence-electron chi connectivity index (χ4n) is 1.18. The van der Waals surface area contributed by atoms with Gasteiger partial charge in [-0.1, -0.05) is 18.2 Å². The molecule has 1 atom stereocenters. The molecule has 0 aromatic rings. The fourth-order valence-corrected chi connectivity index (χ4v) is 1.18. The van der Waals surface area contributed by atoms with Gasteiger partial charge in [-0.2, -0.15) is 0 Å². The van der Waals surface area contributed by atoms with Crippen molar-refractivity contribution in [3.8, 4) is 0 Å². The van der Waals surface area contributed by atoms with Crippen molar-refractivity contribution in [3.05, 3.63) is 24.8 Å². The molecule has 1 heterocycles. The van der Waals surface area contributed by atoms with E-state index in [-0.39, 0.29) is 0 Å². The molecule has 0 bridgehead atoms. The minimum Gasteiger partial charge on any atom is -0.293 e. The predicted octanol–water partition coefficient (Wildman–Crippen LogP) is 1.82. The third-order valence-electron chi connectivity index (χ3n) is 2.01. The normalized spacial score (nSPS) is 22.5. The maximum atomic E-state index is 3.77. The highest BCUT2D eigenvalue weighted by atomic mass is 15.1. The summed E-state index contributed by atoms with van der Waals surface area (Å²) in [4.78, 5) is 2.41. The van der Waals surface area contributed by atoms with Crippen LogP contribution in [0, 0.1) is 0 Å². The van der Waals surface area contributed by atoms with Crippen LogP contribution in [0.5, 0.6) is 0 Å². The molecule has 0 fully saturated rings. The molecule has 0 N–H and O–H groups in total. The smallest absolute Gasteiger partial charge is 0.0250 e. The predicted molar refractivity (Wildman–Crippen MR) is 45.0 cm³/mol. The van der Waals surface area contributed by atoms with E-state index in [1.54, 1.807) is 0 Å². The maximum absolute atomic E-state index is 3.77. The molecular weight excluding hydrogens is 122 g/mol. The second kappa shape index (κ2) is 3.57. The second-order valence-electron chi connectivity index (χ2n) is 2.73. The SMILES string of the molecule is C=CC(C)N1CC=CCC1. The highest BCUT2D eigenvalue weighted by Gasteiger charge is 2.09. The van der Waals surface area contributed by atoms with Gasteiger partial charge in [-0.25, -0.2) is 0 Å². The largest absolute Gasteiger partial charge is 0.293 e. The molecule has 1 heteroatoms. The first-order chi connectivity index (χ1) is 4.84. The van der Waals surface area contributed by atoms with E-state index in [4.69, 9.17) is 0 Å². The van der Waals surface area contributed by atoms with Crippen LogP contribution in [-0.4, -0.2) is 24.0 Å². The lowest BCUT2D eigenvalue weighted by molar-refractivity contribution is 0.264. The number of hydrogen-bond donors (Lipinski definition) is 0. The third kappa shape index (κ3) is 1.71. The summed E-state index contributed by atoms with van der Waals surface area (Å²) in [7, 11) is 0. The van der Waals surface area contributed by atoms with Crippen LogP contribution in [0.3, 0.4) is 0 Å². The van der Waals surface area contributed by atoms with E-state index in [9.17, 15) is 0 Å². The second-order valence-corrected chi connectivity index (χ2v) is 2.73. The molecule has 1 aliphatic heterocycles. The summed E-state index contributed by atoms with van der Waals surface area (Å²) in [5.74, 6) is 0. The minimum absolute atomic E-state index is 0.532. The summed E-state index contributed by atoms with van der Waals surface area (Å²) in [6.45, 7) is 8.23. The summed E-state index contributed by atoms with van der Waals surface area (Å²) in [5, 5.41) is 0. The van der Waals surface area contributed by atoms with Crippen LogP contribution >= 0.6 is 0 Å². The van der Waals surface area contributed by atoms with E-state index in [0.29, 0.717) is 6.04 Å². The van der Waals surface area contributed by atoms with Gasteiger partial charge in [-0.05, 0) is 13.3 Å². The summed E-state index contributed by atoms with van der Waals surface area (Å²) in [5.41, 5.74) is 0. The molecule has 0 spiro atoms. The Bertz CT molecular complexity index is 138. The van der Waals surface area contributed by atoms with Gasteiger partial charge >= 0.3 is 0 Å². The van der Waals surface area contributed by atoms with Crippen molar-refractivity contribution in [1.29, 1.82) is 0 Å². The zero-order valence-corrected chi connectivity index (χ0v) is 6.59. The monoisotopic (exact) mass is 137 g/mol. The summed E-state index contributed by atoms with van der Waals surface area (Å²) in [6.07, 6.45) is 7.66. The molecule has 0 radical (unpaired) electrons. The highest BCUT2D eigenvalue weighted by molar-refractivity contribution is 4.95. The van der Waals surface area contributed by atoms with Crippen molar-refractivity contribution in [1.82, 2.24) is 4.90 Å². The lowest BCUT2D eigenvalue weighted by Gasteiger charge is -2.27. The van der Waals surface area contributed by atoms with Crippen molar-refractivity contribution >= 4 is 0 Å². The molecule has 0 aromatic carbocycles. The quantitative estimate of drug-likeness (QED) is 0.525. The van der Waals surface area contributed by atoms with Gasteiger partial charge in [0.15, 0.2) is 0 Å². The van der Waals surface area contributed by atoms with Crippen molar-refractivity contribution in [2.75, 3.05) is 13.1 Å². The Balaban J connectivity index is 2.40. The highest BCUT2D eigenvalue weighted by Crippen LogP contribution is 2.05. The van der Waals surface area contributed by atoms with Crippen LogP contribution in [0.15, 0.2) is 24.8 Å². The fraction of sp³-hybridized carbons (Fsp3) is 0.556. The molecule has 1 aliphatic rings. The first-order valence-electron chi connectivity index (χ1n) is 3.86. The van der Waals surface area contributed by atoms with Crippen LogP contribution < -0.4 is 0 Å². The van der Waals surface area contributed by atoms with E-state index in [1.165, 1.54) is 13.0 Å². The Morgan fingerprint density at radius 3 is 2.90 bits per heavy atom. The van der Waals surface area contributed by atoms with Crippen molar-refractivity contribution in [2.24, 2.45) is 0 Å². The van der Waals surface area contributed by atoms with Crippen molar-refractivity contribution in [2.45, 2.75) is 19.4 Å². The molecule has 0 aromatic heterocycles. The lowest BCUT2D eigenvalue weighted by atomic mass is 10.2. The summed E-state index contributed by atoms with van der Waals surface area (Å²) in [6, 6.07) is 0.532. The van der Waals surface area contributed by atoms with E-state index >= 15 is 0 Å². The van der Waals surface area contributed by atoms with E-state index in [2.05, 4.69) is 30.6 Å². The van der Waals surface area contributed by atoms with E-state index in [1.807, 2.05) is 6.08 Å². The van der Waals surface area contributed by atoms with Crippen LogP contribution in [0.25, 0.3) is 0 Å². The molecule has 0 amide bonds. The van der Waals surface area contributed by atoms with Crippen LogP contribution in [0.4, 0.5) is 0 Å². The first-order valence-corrected chi connectivity index (χ1v) is 3.86. The van der Waals surface area contributed by atoms with Crippen LogP contribution in [-0.2, 0) is 0 Å². The number of nitrogens with zero attached hydrogens (tertiary/aromatic N) is 1. The third-order valence-corrected chi connectivity index (χ3v) is 2.01.